The van der Waals surface area contributed by atoms with E-state index in [1.807, 2.05) is 18.3 Å². The van der Waals surface area contributed by atoms with E-state index < -0.39 is 0 Å². The Hall–Kier alpha value is -1.88. The van der Waals surface area contributed by atoms with Gasteiger partial charge in [-0.1, -0.05) is 12.1 Å². The van der Waals surface area contributed by atoms with Crippen LogP contribution in [0.1, 0.15) is 18.4 Å². The Kier molecular flexibility index (Phi) is 3.97. The molecule has 2 N–H and O–H groups in total. The molecule has 106 valence electrons. The van der Waals surface area contributed by atoms with Crippen molar-refractivity contribution >= 4 is 5.95 Å². The zero-order valence-corrected chi connectivity index (χ0v) is 11.3. The summed E-state index contributed by atoms with van der Waals surface area (Å²) in [5.41, 5.74) is 1.07. The van der Waals surface area contributed by atoms with Gasteiger partial charge in [0.15, 0.2) is 0 Å². The van der Waals surface area contributed by atoms with Crippen molar-refractivity contribution in [3.05, 3.63) is 48.0 Å². The monoisotopic (exact) mass is 274 g/mol. The van der Waals surface area contributed by atoms with Crippen molar-refractivity contribution in [1.82, 2.24) is 14.9 Å². The van der Waals surface area contributed by atoms with E-state index in [1.165, 1.54) is 12.1 Å². The normalized spacial score (nSPS) is 16.2. The zero-order valence-electron chi connectivity index (χ0n) is 11.3. The van der Waals surface area contributed by atoms with Crippen LogP contribution in [0, 0.1) is 5.82 Å². The molecular weight excluding hydrogens is 255 g/mol. The van der Waals surface area contributed by atoms with Crippen molar-refractivity contribution < 1.29 is 4.39 Å². The minimum absolute atomic E-state index is 0.201. The van der Waals surface area contributed by atoms with Gasteiger partial charge in [-0.25, -0.2) is 9.37 Å². The first kappa shape index (κ1) is 13.1. The van der Waals surface area contributed by atoms with Gasteiger partial charge >= 0.3 is 0 Å². The molecule has 0 amide bonds. The topological polar surface area (TPSA) is 41.9 Å². The maximum absolute atomic E-state index is 12.9. The predicted molar refractivity (Wildman–Crippen MR) is 77.2 cm³/mol. The first-order chi connectivity index (χ1) is 9.81. The Labute approximate surface area is 118 Å². The van der Waals surface area contributed by atoms with Crippen LogP contribution in [0.25, 0.3) is 0 Å². The number of aromatic nitrogens is 2. The fourth-order valence-electron chi connectivity index (χ4n) is 2.51. The van der Waals surface area contributed by atoms with Crippen LogP contribution in [0.5, 0.6) is 0 Å². The fourth-order valence-corrected chi connectivity index (χ4v) is 2.51. The van der Waals surface area contributed by atoms with Gasteiger partial charge in [-0.15, -0.1) is 0 Å². The second-order valence-corrected chi connectivity index (χ2v) is 5.17. The van der Waals surface area contributed by atoms with Crippen LogP contribution in [-0.2, 0) is 6.54 Å². The Bertz CT molecular complexity index is 543. The molecule has 2 aromatic rings. The highest BCUT2D eigenvalue weighted by Crippen LogP contribution is 2.14. The van der Waals surface area contributed by atoms with Gasteiger partial charge in [0, 0.05) is 18.4 Å². The van der Waals surface area contributed by atoms with E-state index >= 15 is 0 Å². The van der Waals surface area contributed by atoms with Gasteiger partial charge in [0.2, 0.25) is 5.95 Å². The van der Waals surface area contributed by atoms with Crippen molar-refractivity contribution in [3.63, 3.8) is 0 Å². The molecule has 0 unspecified atom stereocenters. The number of nitrogens with zero attached hydrogens (tertiary/aromatic N) is 2. The summed E-state index contributed by atoms with van der Waals surface area (Å²) in [6, 6.07) is 7.08. The largest absolute Gasteiger partial charge is 0.353 e. The average Bonchev–Trinajstić information content (AvgIpc) is 2.90. The van der Waals surface area contributed by atoms with E-state index in [-0.39, 0.29) is 5.82 Å². The minimum Gasteiger partial charge on any atom is -0.353 e. The summed E-state index contributed by atoms with van der Waals surface area (Å²) in [7, 11) is 0. The van der Waals surface area contributed by atoms with Gasteiger partial charge in [-0.2, -0.15) is 0 Å². The third-order valence-electron chi connectivity index (χ3n) is 3.65. The Morgan fingerprint density at radius 2 is 2.00 bits per heavy atom. The molecule has 4 nitrogen and oxygen atoms in total. The van der Waals surface area contributed by atoms with Crippen LogP contribution in [0.2, 0.25) is 0 Å². The summed E-state index contributed by atoms with van der Waals surface area (Å²) in [6.07, 6.45) is 5.98. The van der Waals surface area contributed by atoms with Crippen molar-refractivity contribution in [2.75, 3.05) is 18.4 Å². The maximum Gasteiger partial charge on any atom is 0.203 e. The molecule has 0 bridgehead atoms. The standard InChI is InChI=1S/C15H19FN4/c16-13-3-1-12(2-4-13)11-20-10-9-18-15(20)19-14-5-7-17-8-6-14/h1-4,9-10,14,17H,5-8,11H2,(H,18,19). The van der Waals surface area contributed by atoms with Crippen molar-refractivity contribution in [2.45, 2.75) is 25.4 Å². The number of nitrogens with one attached hydrogen (secondary N) is 2. The van der Waals surface area contributed by atoms with Gasteiger partial charge < -0.3 is 15.2 Å². The molecule has 0 saturated carbocycles. The third kappa shape index (κ3) is 3.17. The molecular formula is C15H19FN4. The molecule has 1 aromatic heterocycles. The van der Waals surface area contributed by atoms with Gasteiger partial charge in [-0.3, -0.25) is 0 Å². The summed E-state index contributed by atoms with van der Waals surface area (Å²) in [4.78, 5) is 4.38. The fraction of sp³-hybridized carbons (Fsp3) is 0.400. The highest BCUT2D eigenvalue weighted by atomic mass is 19.1. The molecule has 0 spiro atoms. The number of piperidine rings is 1. The summed E-state index contributed by atoms with van der Waals surface area (Å²) >= 11 is 0. The van der Waals surface area contributed by atoms with Crippen LogP contribution in [-0.4, -0.2) is 28.7 Å². The summed E-state index contributed by atoms with van der Waals surface area (Å²) in [5, 5.41) is 6.85. The lowest BCUT2D eigenvalue weighted by Gasteiger charge is -2.24. The molecule has 0 atom stereocenters. The highest BCUT2D eigenvalue weighted by Gasteiger charge is 2.14. The number of hydrogen-bond acceptors (Lipinski definition) is 3. The first-order valence-electron chi connectivity index (χ1n) is 7.04. The maximum atomic E-state index is 12.9. The zero-order chi connectivity index (χ0) is 13.8. The lowest BCUT2D eigenvalue weighted by molar-refractivity contribution is 0.475. The van der Waals surface area contributed by atoms with Crippen molar-refractivity contribution in [3.8, 4) is 0 Å². The van der Waals surface area contributed by atoms with Crippen LogP contribution in [0.3, 0.4) is 0 Å². The number of imidazole rings is 1. The molecule has 1 aliphatic heterocycles. The Morgan fingerprint density at radius 1 is 1.25 bits per heavy atom. The van der Waals surface area contributed by atoms with Crippen LogP contribution in [0.4, 0.5) is 10.3 Å². The van der Waals surface area contributed by atoms with E-state index in [4.69, 9.17) is 0 Å². The van der Waals surface area contributed by atoms with Gasteiger partial charge in [0.05, 0.1) is 6.54 Å². The highest BCUT2D eigenvalue weighted by molar-refractivity contribution is 5.30. The van der Waals surface area contributed by atoms with Crippen LogP contribution >= 0.6 is 0 Å². The quantitative estimate of drug-likeness (QED) is 0.898. The second-order valence-electron chi connectivity index (χ2n) is 5.17. The number of anilines is 1. The van der Waals surface area contributed by atoms with E-state index in [2.05, 4.69) is 20.2 Å². The smallest absolute Gasteiger partial charge is 0.203 e. The summed E-state index contributed by atoms with van der Waals surface area (Å²) in [6.45, 7) is 2.81. The Balaban J connectivity index is 1.68. The molecule has 3 rings (SSSR count). The lowest BCUT2D eigenvalue weighted by atomic mass is 10.1. The summed E-state index contributed by atoms with van der Waals surface area (Å²) in [5.74, 6) is 0.689. The van der Waals surface area contributed by atoms with Crippen molar-refractivity contribution in [1.29, 1.82) is 0 Å². The van der Waals surface area contributed by atoms with E-state index in [1.54, 1.807) is 6.20 Å². The van der Waals surface area contributed by atoms with Gasteiger partial charge in [-0.05, 0) is 43.6 Å². The van der Waals surface area contributed by atoms with Gasteiger partial charge in [0.25, 0.3) is 0 Å². The van der Waals surface area contributed by atoms with E-state index in [0.29, 0.717) is 12.6 Å². The molecule has 1 fully saturated rings. The lowest BCUT2D eigenvalue weighted by Crippen LogP contribution is -2.36. The molecule has 0 radical (unpaired) electrons. The van der Waals surface area contributed by atoms with E-state index in [9.17, 15) is 4.39 Å². The minimum atomic E-state index is -0.201. The predicted octanol–water partition coefficient (Wildman–Crippen LogP) is 2.23. The number of hydrogen-bond donors (Lipinski definition) is 2. The summed E-state index contributed by atoms with van der Waals surface area (Å²) < 4.78 is 15.0. The number of benzene rings is 1. The number of rotatable bonds is 4. The van der Waals surface area contributed by atoms with Gasteiger partial charge in [0.1, 0.15) is 5.82 Å². The molecule has 20 heavy (non-hydrogen) atoms. The molecule has 1 aromatic carbocycles. The molecule has 2 heterocycles. The molecule has 5 heteroatoms. The van der Waals surface area contributed by atoms with Crippen LogP contribution in [0.15, 0.2) is 36.7 Å². The molecule has 1 saturated heterocycles. The molecule has 1 aliphatic rings. The second kappa shape index (κ2) is 6.05. The molecule has 0 aliphatic carbocycles. The first-order valence-corrected chi connectivity index (χ1v) is 7.04. The average molecular weight is 274 g/mol. The third-order valence-corrected chi connectivity index (χ3v) is 3.65. The van der Waals surface area contributed by atoms with E-state index in [0.717, 1.165) is 37.4 Å². The van der Waals surface area contributed by atoms with Crippen molar-refractivity contribution in [2.24, 2.45) is 0 Å². The Morgan fingerprint density at radius 3 is 2.75 bits per heavy atom. The number of halogens is 1. The SMILES string of the molecule is Fc1ccc(Cn2ccnc2NC2CCNCC2)cc1. The van der Waals surface area contributed by atoms with Crippen LogP contribution < -0.4 is 10.6 Å².